The number of nitrogens with one attached hydrogen (secondary N) is 1. The molecule has 4 nitrogen and oxygen atoms in total. The first-order valence-corrected chi connectivity index (χ1v) is 6.78. The number of hydrogen-bond acceptors (Lipinski definition) is 4. The fourth-order valence-corrected chi connectivity index (χ4v) is 2.39. The van der Waals surface area contributed by atoms with E-state index >= 15 is 0 Å². The molecule has 2 aromatic carbocycles. The molecule has 0 atom stereocenters. The summed E-state index contributed by atoms with van der Waals surface area (Å²) in [5.74, 6) is 2.41. The van der Waals surface area contributed by atoms with Gasteiger partial charge in [0.25, 0.3) is 0 Å². The molecular formula is C17H21NO3. The molecule has 0 heterocycles. The second kappa shape index (κ2) is 6.99. The maximum absolute atomic E-state index is 5.50. The predicted octanol–water partition coefficient (Wildman–Crippen LogP) is 3.10. The Labute approximate surface area is 125 Å². The van der Waals surface area contributed by atoms with E-state index in [9.17, 15) is 0 Å². The normalized spacial score (nSPS) is 10.3. The molecule has 2 rings (SSSR count). The van der Waals surface area contributed by atoms with Gasteiger partial charge in [-0.05, 0) is 42.4 Å². The Hall–Kier alpha value is -2.20. The van der Waals surface area contributed by atoms with Gasteiger partial charge in [0.15, 0.2) is 0 Å². The summed E-state index contributed by atoms with van der Waals surface area (Å²) in [6, 6.07) is 11.8. The number of benzene rings is 2. The van der Waals surface area contributed by atoms with Crippen molar-refractivity contribution in [2.45, 2.75) is 6.54 Å². The van der Waals surface area contributed by atoms with Crippen LogP contribution in [-0.4, -0.2) is 28.4 Å². The number of hydrogen-bond donors (Lipinski definition) is 1. The van der Waals surface area contributed by atoms with Crippen LogP contribution in [0, 0.1) is 0 Å². The molecule has 4 heteroatoms. The molecule has 2 aromatic rings. The maximum atomic E-state index is 5.50. The minimum atomic E-state index is 0.730. The van der Waals surface area contributed by atoms with E-state index in [2.05, 4.69) is 5.32 Å². The highest BCUT2D eigenvalue weighted by Crippen LogP contribution is 2.40. The summed E-state index contributed by atoms with van der Waals surface area (Å²) in [6.07, 6.45) is 0. The molecule has 0 saturated carbocycles. The topological polar surface area (TPSA) is 39.7 Å². The summed E-state index contributed by atoms with van der Waals surface area (Å²) < 4.78 is 16.3. The van der Waals surface area contributed by atoms with E-state index < -0.39 is 0 Å². The van der Waals surface area contributed by atoms with E-state index in [-0.39, 0.29) is 0 Å². The van der Waals surface area contributed by atoms with Gasteiger partial charge in [0, 0.05) is 6.54 Å². The Balaban J connectivity index is 2.65. The van der Waals surface area contributed by atoms with Crippen molar-refractivity contribution in [3.63, 3.8) is 0 Å². The Bertz CT molecular complexity index is 589. The Kier molecular flexibility index (Phi) is 5.06. The van der Waals surface area contributed by atoms with Gasteiger partial charge in [-0.2, -0.15) is 0 Å². The molecule has 0 bridgehead atoms. The van der Waals surface area contributed by atoms with Crippen LogP contribution in [0.5, 0.6) is 17.2 Å². The zero-order valence-corrected chi connectivity index (χ0v) is 12.9. The summed E-state index contributed by atoms with van der Waals surface area (Å²) in [7, 11) is 6.92. The Morgan fingerprint density at radius 3 is 2.10 bits per heavy atom. The van der Waals surface area contributed by atoms with Crippen molar-refractivity contribution in [1.29, 1.82) is 0 Å². The Morgan fingerprint density at radius 1 is 0.905 bits per heavy atom. The van der Waals surface area contributed by atoms with Crippen LogP contribution in [-0.2, 0) is 6.54 Å². The van der Waals surface area contributed by atoms with Gasteiger partial charge in [-0.1, -0.05) is 12.1 Å². The molecule has 0 fully saturated rings. The van der Waals surface area contributed by atoms with Gasteiger partial charge in [0.1, 0.15) is 17.2 Å². The molecule has 0 radical (unpaired) electrons. The molecule has 0 aliphatic carbocycles. The lowest BCUT2D eigenvalue weighted by atomic mass is 9.97. The molecule has 0 saturated heterocycles. The van der Waals surface area contributed by atoms with Crippen LogP contribution in [0.2, 0.25) is 0 Å². The summed E-state index contributed by atoms with van der Waals surface area (Å²) in [4.78, 5) is 0. The van der Waals surface area contributed by atoms with E-state index in [0.29, 0.717) is 0 Å². The van der Waals surface area contributed by atoms with Gasteiger partial charge in [0.2, 0.25) is 0 Å². The van der Waals surface area contributed by atoms with Gasteiger partial charge in [-0.3, -0.25) is 0 Å². The highest BCUT2D eigenvalue weighted by Gasteiger charge is 2.16. The lowest BCUT2D eigenvalue weighted by molar-refractivity contribution is 0.397. The third-order valence-electron chi connectivity index (χ3n) is 3.38. The summed E-state index contributed by atoms with van der Waals surface area (Å²) in [5, 5.41) is 3.18. The van der Waals surface area contributed by atoms with E-state index in [1.54, 1.807) is 21.3 Å². The van der Waals surface area contributed by atoms with Crippen molar-refractivity contribution < 1.29 is 14.2 Å². The van der Waals surface area contributed by atoms with E-state index in [1.165, 1.54) is 0 Å². The fraction of sp³-hybridized carbons (Fsp3) is 0.294. The van der Waals surface area contributed by atoms with Crippen LogP contribution in [0.3, 0.4) is 0 Å². The average molecular weight is 287 g/mol. The maximum Gasteiger partial charge on any atom is 0.130 e. The zero-order valence-electron chi connectivity index (χ0n) is 12.9. The zero-order chi connectivity index (χ0) is 15.2. The monoisotopic (exact) mass is 287 g/mol. The minimum absolute atomic E-state index is 0.730. The van der Waals surface area contributed by atoms with Crippen molar-refractivity contribution in [2.75, 3.05) is 28.4 Å². The molecule has 0 aliphatic heterocycles. The number of rotatable bonds is 6. The first-order chi connectivity index (χ1) is 10.2. The molecule has 0 aliphatic rings. The van der Waals surface area contributed by atoms with Gasteiger partial charge < -0.3 is 19.5 Å². The van der Waals surface area contributed by atoms with E-state index in [4.69, 9.17) is 14.2 Å². The second-order valence-corrected chi connectivity index (χ2v) is 4.59. The third kappa shape index (κ3) is 3.11. The fourth-order valence-electron chi connectivity index (χ4n) is 2.39. The summed E-state index contributed by atoms with van der Waals surface area (Å²) in [6.45, 7) is 0.730. The lowest BCUT2D eigenvalue weighted by Gasteiger charge is -2.17. The first kappa shape index (κ1) is 15.2. The highest BCUT2D eigenvalue weighted by molar-refractivity contribution is 5.79. The molecule has 0 amide bonds. The SMILES string of the molecule is CNCc1cc(OC)ccc1-c1c(OC)cccc1OC. The van der Waals surface area contributed by atoms with Crippen molar-refractivity contribution >= 4 is 0 Å². The minimum Gasteiger partial charge on any atom is -0.497 e. The smallest absolute Gasteiger partial charge is 0.130 e. The number of methoxy groups -OCH3 is 3. The van der Waals surface area contributed by atoms with Crippen molar-refractivity contribution in [1.82, 2.24) is 5.32 Å². The molecule has 0 spiro atoms. The number of ether oxygens (including phenoxy) is 3. The van der Waals surface area contributed by atoms with Crippen LogP contribution in [0.15, 0.2) is 36.4 Å². The van der Waals surface area contributed by atoms with Crippen LogP contribution in [0.4, 0.5) is 0 Å². The quantitative estimate of drug-likeness (QED) is 0.886. The average Bonchev–Trinajstić information content (AvgIpc) is 2.54. The summed E-state index contributed by atoms with van der Waals surface area (Å²) >= 11 is 0. The molecule has 112 valence electrons. The van der Waals surface area contributed by atoms with E-state index in [0.717, 1.165) is 40.5 Å². The first-order valence-electron chi connectivity index (χ1n) is 6.78. The highest BCUT2D eigenvalue weighted by atomic mass is 16.5. The lowest BCUT2D eigenvalue weighted by Crippen LogP contribution is -2.07. The van der Waals surface area contributed by atoms with Crippen molar-refractivity contribution in [2.24, 2.45) is 0 Å². The second-order valence-electron chi connectivity index (χ2n) is 4.59. The summed E-state index contributed by atoms with van der Waals surface area (Å²) in [5.41, 5.74) is 3.15. The Morgan fingerprint density at radius 2 is 1.57 bits per heavy atom. The van der Waals surface area contributed by atoms with Crippen molar-refractivity contribution in [3.8, 4) is 28.4 Å². The van der Waals surface area contributed by atoms with Gasteiger partial charge >= 0.3 is 0 Å². The predicted molar refractivity (Wildman–Crippen MR) is 84.3 cm³/mol. The van der Waals surface area contributed by atoms with Gasteiger partial charge in [-0.15, -0.1) is 0 Å². The van der Waals surface area contributed by atoms with Gasteiger partial charge in [0.05, 0.1) is 26.9 Å². The standard InChI is InChI=1S/C17H21NO3/c1-18-11-12-10-13(19-2)8-9-14(12)17-15(20-3)6-5-7-16(17)21-4/h5-10,18H,11H2,1-4H3. The molecule has 21 heavy (non-hydrogen) atoms. The van der Waals surface area contributed by atoms with Crippen molar-refractivity contribution in [3.05, 3.63) is 42.0 Å². The molecule has 1 N–H and O–H groups in total. The molecule has 0 aromatic heterocycles. The third-order valence-corrected chi connectivity index (χ3v) is 3.38. The largest absolute Gasteiger partial charge is 0.497 e. The van der Waals surface area contributed by atoms with Crippen LogP contribution >= 0.6 is 0 Å². The van der Waals surface area contributed by atoms with E-state index in [1.807, 2.05) is 43.4 Å². The van der Waals surface area contributed by atoms with Crippen LogP contribution in [0.1, 0.15) is 5.56 Å². The van der Waals surface area contributed by atoms with Crippen LogP contribution < -0.4 is 19.5 Å². The molecule has 0 unspecified atom stereocenters. The van der Waals surface area contributed by atoms with Crippen LogP contribution in [0.25, 0.3) is 11.1 Å². The molecular weight excluding hydrogens is 266 g/mol. The van der Waals surface area contributed by atoms with Gasteiger partial charge in [-0.25, -0.2) is 0 Å².